The van der Waals surface area contributed by atoms with Crippen molar-refractivity contribution in [2.45, 2.75) is 25.2 Å². The van der Waals surface area contributed by atoms with Crippen LogP contribution < -0.4 is 4.74 Å². The zero-order chi connectivity index (χ0) is 24.2. The zero-order valence-electron chi connectivity index (χ0n) is 18.0. The molecule has 0 fully saturated rings. The second-order valence-electron chi connectivity index (χ2n) is 7.95. The maximum absolute atomic E-state index is 13.2. The Bertz CT molecular complexity index is 1100. The van der Waals surface area contributed by atoms with E-state index in [-0.39, 0.29) is 31.4 Å². The van der Waals surface area contributed by atoms with Crippen LogP contribution in [0.25, 0.3) is 0 Å². The summed E-state index contributed by atoms with van der Waals surface area (Å²) in [6, 6.07) is 11.2. The van der Waals surface area contributed by atoms with E-state index in [0.717, 1.165) is 12.1 Å². The predicted molar refractivity (Wildman–Crippen MR) is 117 cm³/mol. The average Bonchev–Trinajstić information content (AvgIpc) is 3.18. The van der Waals surface area contributed by atoms with E-state index in [1.807, 2.05) is 0 Å². The van der Waals surface area contributed by atoms with Crippen LogP contribution in [0.5, 0.6) is 5.75 Å². The summed E-state index contributed by atoms with van der Waals surface area (Å²) in [5.41, 5.74) is -1.30. The molecule has 3 rings (SSSR count). The van der Waals surface area contributed by atoms with Gasteiger partial charge in [0.1, 0.15) is 23.7 Å². The predicted octanol–water partition coefficient (Wildman–Crippen LogP) is 4.56. The van der Waals surface area contributed by atoms with E-state index in [2.05, 4.69) is 4.98 Å². The van der Waals surface area contributed by atoms with E-state index in [1.54, 1.807) is 35.9 Å². The van der Waals surface area contributed by atoms with Gasteiger partial charge in [-0.2, -0.15) is 13.2 Å². The van der Waals surface area contributed by atoms with E-state index in [9.17, 15) is 23.1 Å². The number of rotatable bonds is 8. The summed E-state index contributed by atoms with van der Waals surface area (Å²) in [5, 5.41) is 11.4. The molecule has 176 valence electrons. The molecule has 1 amide bonds. The molecule has 2 aromatic carbocycles. The number of carbonyl (C=O) groups is 1. The molecule has 1 heterocycles. The molecule has 33 heavy (non-hydrogen) atoms. The van der Waals surface area contributed by atoms with Crippen LogP contribution in [-0.2, 0) is 19.8 Å². The van der Waals surface area contributed by atoms with Crippen LogP contribution in [0.3, 0.4) is 0 Å². The molecule has 0 radical (unpaired) electrons. The molecule has 0 aliphatic rings. The third-order valence-electron chi connectivity index (χ3n) is 4.90. The SMILES string of the molecule is Cn1cncc1C(=O)N(Cc1ccccc1Cl)CC(C)(O)COc1ccc(C(F)(F)F)cc1. The van der Waals surface area contributed by atoms with Gasteiger partial charge >= 0.3 is 6.18 Å². The molecule has 3 aromatic rings. The van der Waals surface area contributed by atoms with Gasteiger partial charge in [0.25, 0.3) is 5.91 Å². The molecule has 1 unspecified atom stereocenters. The summed E-state index contributed by atoms with van der Waals surface area (Å²) in [7, 11) is 1.68. The summed E-state index contributed by atoms with van der Waals surface area (Å²) < 4.78 is 45.3. The molecular formula is C23H23ClF3N3O3. The highest BCUT2D eigenvalue weighted by Gasteiger charge is 2.31. The highest BCUT2D eigenvalue weighted by Crippen LogP contribution is 2.30. The molecule has 0 saturated heterocycles. The van der Waals surface area contributed by atoms with Crippen molar-refractivity contribution in [3.63, 3.8) is 0 Å². The molecule has 0 saturated carbocycles. The molecular weight excluding hydrogens is 459 g/mol. The Balaban J connectivity index is 1.75. The Morgan fingerprint density at radius 3 is 2.42 bits per heavy atom. The van der Waals surface area contributed by atoms with Gasteiger partial charge in [-0.05, 0) is 42.8 Å². The van der Waals surface area contributed by atoms with Gasteiger partial charge < -0.3 is 19.3 Å². The molecule has 6 nitrogen and oxygen atoms in total. The summed E-state index contributed by atoms with van der Waals surface area (Å²) >= 11 is 6.26. The first-order valence-corrected chi connectivity index (χ1v) is 10.4. The van der Waals surface area contributed by atoms with E-state index in [1.165, 1.54) is 36.5 Å². The lowest BCUT2D eigenvalue weighted by Gasteiger charge is -2.32. The number of hydrogen-bond acceptors (Lipinski definition) is 4. The number of aliphatic hydroxyl groups is 1. The van der Waals surface area contributed by atoms with Crippen LogP contribution >= 0.6 is 11.6 Å². The lowest BCUT2D eigenvalue weighted by Crippen LogP contribution is -2.47. The number of amides is 1. The Morgan fingerprint density at radius 2 is 1.85 bits per heavy atom. The lowest BCUT2D eigenvalue weighted by atomic mass is 10.1. The second kappa shape index (κ2) is 9.84. The Labute approximate surface area is 194 Å². The summed E-state index contributed by atoms with van der Waals surface area (Å²) in [6.07, 6.45) is -1.53. The molecule has 1 aromatic heterocycles. The van der Waals surface area contributed by atoms with Crippen molar-refractivity contribution in [2.75, 3.05) is 13.2 Å². The summed E-state index contributed by atoms with van der Waals surface area (Å²) in [4.78, 5) is 18.6. The Morgan fingerprint density at radius 1 is 1.18 bits per heavy atom. The molecule has 0 bridgehead atoms. The van der Waals surface area contributed by atoms with Crippen LogP contribution in [-0.4, -0.2) is 44.2 Å². The van der Waals surface area contributed by atoms with Crippen LogP contribution in [0.2, 0.25) is 5.02 Å². The van der Waals surface area contributed by atoms with Crippen LogP contribution in [0.1, 0.15) is 28.5 Å². The molecule has 1 N–H and O–H groups in total. The fourth-order valence-electron chi connectivity index (χ4n) is 3.19. The van der Waals surface area contributed by atoms with E-state index >= 15 is 0 Å². The van der Waals surface area contributed by atoms with Gasteiger partial charge in [0.05, 0.1) is 24.6 Å². The Kier molecular flexibility index (Phi) is 7.34. The number of aryl methyl sites for hydroxylation is 1. The minimum Gasteiger partial charge on any atom is -0.491 e. The minimum absolute atomic E-state index is 0.122. The normalized spacial score (nSPS) is 13.4. The topological polar surface area (TPSA) is 67.6 Å². The van der Waals surface area contributed by atoms with E-state index < -0.39 is 17.3 Å². The summed E-state index contributed by atoms with van der Waals surface area (Å²) in [5.74, 6) is -0.205. The molecule has 0 aliphatic carbocycles. The lowest BCUT2D eigenvalue weighted by molar-refractivity contribution is -0.137. The van der Waals surface area contributed by atoms with Gasteiger partial charge in [-0.1, -0.05) is 29.8 Å². The first kappa shape index (κ1) is 24.6. The monoisotopic (exact) mass is 481 g/mol. The van der Waals surface area contributed by atoms with E-state index in [0.29, 0.717) is 16.3 Å². The van der Waals surface area contributed by atoms with Gasteiger partial charge in [0.15, 0.2) is 0 Å². The van der Waals surface area contributed by atoms with Gasteiger partial charge in [0.2, 0.25) is 0 Å². The van der Waals surface area contributed by atoms with Gasteiger partial charge in [-0.3, -0.25) is 4.79 Å². The molecule has 0 aliphatic heterocycles. The van der Waals surface area contributed by atoms with E-state index in [4.69, 9.17) is 16.3 Å². The third kappa shape index (κ3) is 6.49. The first-order chi connectivity index (χ1) is 15.5. The Hall–Kier alpha value is -3.04. The number of aromatic nitrogens is 2. The number of benzene rings is 2. The number of nitrogens with zero attached hydrogens (tertiary/aromatic N) is 3. The highest BCUT2D eigenvalue weighted by atomic mass is 35.5. The average molecular weight is 482 g/mol. The van der Waals surface area contributed by atoms with Crippen molar-refractivity contribution < 1.29 is 27.8 Å². The molecule has 1 atom stereocenters. The second-order valence-corrected chi connectivity index (χ2v) is 8.36. The number of imidazole rings is 1. The fraction of sp³-hybridized carbons (Fsp3) is 0.304. The van der Waals surface area contributed by atoms with Crippen molar-refractivity contribution in [2.24, 2.45) is 7.05 Å². The van der Waals surface area contributed by atoms with Gasteiger partial charge in [0, 0.05) is 18.6 Å². The van der Waals surface area contributed by atoms with Crippen LogP contribution in [0, 0.1) is 0 Å². The highest BCUT2D eigenvalue weighted by molar-refractivity contribution is 6.31. The van der Waals surface area contributed by atoms with Crippen molar-refractivity contribution in [3.05, 3.63) is 82.9 Å². The number of alkyl halides is 3. The van der Waals surface area contributed by atoms with Crippen LogP contribution in [0.15, 0.2) is 61.1 Å². The van der Waals surface area contributed by atoms with Crippen LogP contribution in [0.4, 0.5) is 13.2 Å². The number of ether oxygens (including phenoxy) is 1. The maximum Gasteiger partial charge on any atom is 0.416 e. The largest absolute Gasteiger partial charge is 0.491 e. The molecule has 10 heteroatoms. The zero-order valence-corrected chi connectivity index (χ0v) is 18.8. The number of carbonyl (C=O) groups excluding carboxylic acids is 1. The fourth-order valence-corrected chi connectivity index (χ4v) is 3.39. The number of halogens is 4. The third-order valence-corrected chi connectivity index (χ3v) is 5.27. The van der Waals surface area contributed by atoms with Gasteiger partial charge in [-0.25, -0.2) is 4.98 Å². The molecule has 0 spiro atoms. The quantitative estimate of drug-likeness (QED) is 0.512. The van der Waals surface area contributed by atoms with Crippen molar-refractivity contribution >= 4 is 17.5 Å². The smallest absolute Gasteiger partial charge is 0.416 e. The standard InChI is InChI=1S/C23H23ClF3N3O3/c1-22(32,14-33-18-9-7-17(8-10-18)23(25,26)27)13-30(12-16-5-3-4-6-19(16)24)21(31)20-11-28-15-29(20)2/h3-11,15,32H,12-14H2,1-2H3. The van der Waals surface area contributed by atoms with Crippen molar-refractivity contribution in [1.82, 2.24) is 14.5 Å². The maximum atomic E-state index is 13.2. The summed E-state index contributed by atoms with van der Waals surface area (Å²) in [6.45, 7) is 1.23. The van der Waals surface area contributed by atoms with Gasteiger partial charge in [-0.15, -0.1) is 0 Å². The van der Waals surface area contributed by atoms with Crippen molar-refractivity contribution in [1.29, 1.82) is 0 Å². The van der Waals surface area contributed by atoms with Crippen molar-refractivity contribution in [3.8, 4) is 5.75 Å². The minimum atomic E-state index is -4.45. The number of hydrogen-bond donors (Lipinski definition) is 1. The first-order valence-electron chi connectivity index (χ1n) is 9.98.